The van der Waals surface area contributed by atoms with Crippen molar-refractivity contribution < 1.29 is 0 Å². The predicted octanol–water partition coefficient (Wildman–Crippen LogP) is 3.91. The summed E-state index contributed by atoms with van der Waals surface area (Å²) in [5.74, 6) is 0.641. The molecule has 5 nitrogen and oxygen atoms in total. The first-order valence-electron chi connectivity index (χ1n) is 8.66. The molecular formula is C19H24N4OS. The third-order valence-electron chi connectivity index (χ3n) is 4.44. The van der Waals surface area contributed by atoms with Gasteiger partial charge >= 0.3 is 0 Å². The van der Waals surface area contributed by atoms with Gasteiger partial charge in [-0.05, 0) is 39.3 Å². The van der Waals surface area contributed by atoms with Crippen molar-refractivity contribution in [1.29, 1.82) is 0 Å². The molecule has 3 aromatic heterocycles. The lowest BCUT2D eigenvalue weighted by molar-refractivity contribution is 0.575. The van der Waals surface area contributed by atoms with Gasteiger partial charge in [0, 0.05) is 29.8 Å². The zero-order chi connectivity index (χ0) is 18.0. The summed E-state index contributed by atoms with van der Waals surface area (Å²) in [5, 5.41) is 1.01. The zero-order valence-electron chi connectivity index (χ0n) is 15.2. The number of imidazole rings is 1. The number of fused-ring (bicyclic) bond motifs is 1. The lowest BCUT2D eigenvalue weighted by atomic mass is 10.3. The Hall–Kier alpha value is -2.08. The highest BCUT2D eigenvalue weighted by molar-refractivity contribution is 7.98. The molecule has 3 heterocycles. The summed E-state index contributed by atoms with van der Waals surface area (Å²) in [7, 11) is 0. The van der Waals surface area contributed by atoms with E-state index in [4.69, 9.17) is 4.98 Å². The number of hydrogen-bond donors (Lipinski definition) is 0. The van der Waals surface area contributed by atoms with E-state index in [1.807, 2.05) is 32.0 Å². The van der Waals surface area contributed by atoms with Gasteiger partial charge in [0.15, 0.2) is 5.16 Å². The van der Waals surface area contributed by atoms with Crippen molar-refractivity contribution in [3.05, 3.63) is 57.4 Å². The molecule has 0 unspecified atom stereocenters. The van der Waals surface area contributed by atoms with Gasteiger partial charge in [-0.15, -0.1) is 0 Å². The number of hydrogen-bond acceptors (Lipinski definition) is 4. The molecule has 0 aromatic carbocycles. The molecule has 25 heavy (non-hydrogen) atoms. The summed E-state index contributed by atoms with van der Waals surface area (Å²) in [4.78, 5) is 21.7. The first-order chi connectivity index (χ1) is 12.0. The van der Waals surface area contributed by atoms with E-state index in [1.54, 1.807) is 22.2 Å². The molecule has 0 spiro atoms. The number of aromatic nitrogens is 4. The third kappa shape index (κ3) is 3.63. The van der Waals surface area contributed by atoms with Crippen molar-refractivity contribution in [2.75, 3.05) is 0 Å². The summed E-state index contributed by atoms with van der Waals surface area (Å²) in [6.45, 7) is 9.26. The molecule has 0 fully saturated rings. The van der Waals surface area contributed by atoms with Crippen LogP contribution < -0.4 is 5.56 Å². The maximum Gasteiger partial charge on any atom is 0.258 e. The molecule has 0 radical (unpaired) electrons. The fourth-order valence-electron chi connectivity index (χ4n) is 2.89. The summed E-state index contributed by atoms with van der Waals surface area (Å²) in [6.07, 6.45) is 2.29. The highest BCUT2D eigenvalue weighted by Gasteiger charge is 2.12. The fourth-order valence-corrected chi connectivity index (χ4v) is 3.90. The van der Waals surface area contributed by atoms with Crippen LogP contribution in [0.2, 0.25) is 0 Å². The highest BCUT2D eigenvalue weighted by atomic mass is 32.2. The Bertz CT molecular complexity index is 958. The summed E-state index contributed by atoms with van der Waals surface area (Å²) >= 11 is 1.65. The van der Waals surface area contributed by atoms with Crippen LogP contribution in [0.5, 0.6) is 0 Å². The minimum atomic E-state index is -0.0274. The average Bonchev–Trinajstić information content (AvgIpc) is 2.85. The minimum Gasteiger partial charge on any atom is -0.323 e. The van der Waals surface area contributed by atoms with Crippen LogP contribution in [0.25, 0.3) is 5.65 Å². The molecule has 0 saturated heterocycles. The first kappa shape index (κ1) is 17.7. The lowest BCUT2D eigenvalue weighted by Crippen LogP contribution is -2.17. The second kappa shape index (κ2) is 7.44. The fraction of sp³-hybridized carbons (Fsp3) is 0.421. The third-order valence-corrected chi connectivity index (χ3v) is 5.45. The minimum absolute atomic E-state index is 0.0274. The Morgan fingerprint density at radius 3 is 2.72 bits per heavy atom. The van der Waals surface area contributed by atoms with Crippen molar-refractivity contribution in [3.63, 3.8) is 0 Å². The Balaban J connectivity index is 1.86. The largest absolute Gasteiger partial charge is 0.323 e. The standard InChI is InChI=1S/C19H24N4OS/c1-5-6-10-22-15(4)14(3)20-19(22)25-12-16-11-18(24)23-13(2)8-7-9-17(23)21-16/h7-9,11H,5-6,10,12H2,1-4H3. The molecule has 132 valence electrons. The second-order valence-corrected chi connectivity index (χ2v) is 7.25. The average molecular weight is 356 g/mol. The van der Waals surface area contributed by atoms with Gasteiger partial charge in [-0.1, -0.05) is 31.2 Å². The Morgan fingerprint density at radius 1 is 1.16 bits per heavy atom. The van der Waals surface area contributed by atoms with Gasteiger partial charge in [0.2, 0.25) is 0 Å². The highest BCUT2D eigenvalue weighted by Crippen LogP contribution is 2.24. The molecule has 0 atom stereocenters. The quantitative estimate of drug-likeness (QED) is 0.629. The SMILES string of the molecule is CCCCn1c(SCc2cc(=O)n3c(C)cccc3n2)nc(C)c1C. The van der Waals surface area contributed by atoms with Crippen molar-refractivity contribution in [3.8, 4) is 0 Å². The number of pyridine rings is 1. The maximum atomic E-state index is 12.4. The van der Waals surface area contributed by atoms with E-state index in [0.29, 0.717) is 11.4 Å². The van der Waals surface area contributed by atoms with Crippen LogP contribution in [0.1, 0.15) is 42.5 Å². The zero-order valence-corrected chi connectivity index (χ0v) is 16.1. The van der Waals surface area contributed by atoms with Crippen LogP contribution in [-0.4, -0.2) is 18.9 Å². The molecule has 6 heteroatoms. The van der Waals surface area contributed by atoms with E-state index in [-0.39, 0.29) is 5.56 Å². The van der Waals surface area contributed by atoms with Crippen LogP contribution in [0, 0.1) is 20.8 Å². The van der Waals surface area contributed by atoms with E-state index in [0.717, 1.165) is 41.6 Å². The maximum absolute atomic E-state index is 12.4. The second-order valence-electron chi connectivity index (χ2n) is 6.31. The number of unbranched alkanes of at least 4 members (excludes halogenated alkanes) is 1. The summed E-state index contributed by atoms with van der Waals surface area (Å²) < 4.78 is 3.92. The Morgan fingerprint density at radius 2 is 1.96 bits per heavy atom. The predicted molar refractivity (Wildman–Crippen MR) is 102 cm³/mol. The van der Waals surface area contributed by atoms with Gasteiger partial charge in [0.05, 0.1) is 11.4 Å². The summed E-state index contributed by atoms with van der Waals surface area (Å²) in [6, 6.07) is 7.35. The number of nitrogens with zero attached hydrogens (tertiary/aromatic N) is 4. The lowest BCUT2D eigenvalue weighted by Gasteiger charge is -2.09. The normalized spacial score (nSPS) is 11.4. The van der Waals surface area contributed by atoms with E-state index >= 15 is 0 Å². The van der Waals surface area contributed by atoms with E-state index in [1.165, 1.54) is 5.69 Å². The van der Waals surface area contributed by atoms with Gasteiger partial charge in [0.1, 0.15) is 5.65 Å². The molecule has 3 aromatic rings. The Labute approximate surface area is 152 Å². The van der Waals surface area contributed by atoms with Gasteiger partial charge in [-0.3, -0.25) is 9.20 Å². The first-order valence-corrected chi connectivity index (χ1v) is 9.64. The van der Waals surface area contributed by atoms with Crippen LogP contribution >= 0.6 is 11.8 Å². The number of aryl methyl sites for hydroxylation is 2. The van der Waals surface area contributed by atoms with Crippen LogP contribution in [-0.2, 0) is 12.3 Å². The van der Waals surface area contributed by atoms with Crippen molar-refractivity contribution >= 4 is 17.4 Å². The number of thioether (sulfide) groups is 1. The van der Waals surface area contributed by atoms with Gasteiger partial charge < -0.3 is 4.57 Å². The van der Waals surface area contributed by atoms with E-state index < -0.39 is 0 Å². The van der Waals surface area contributed by atoms with Crippen molar-refractivity contribution in [2.24, 2.45) is 0 Å². The number of rotatable bonds is 6. The monoisotopic (exact) mass is 356 g/mol. The molecular weight excluding hydrogens is 332 g/mol. The van der Waals surface area contributed by atoms with E-state index in [9.17, 15) is 4.79 Å². The van der Waals surface area contributed by atoms with Gasteiger partial charge in [0.25, 0.3) is 5.56 Å². The smallest absolute Gasteiger partial charge is 0.258 e. The van der Waals surface area contributed by atoms with Crippen LogP contribution in [0.3, 0.4) is 0 Å². The molecule has 0 N–H and O–H groups in total. The molecule has 0 aliphatic heterocycles. The molecule has 0 saturated carbocycles. The molecule has 0 amide bonds. The van der Waals surface area contributed by atoms with Crippen LogP contribution in [0.15, 0.2) is 34.2 Å². The van der Waals surface area contributed by atoms with Crippen molar-refractivity contribution in [2.45, 2.75) is 58.0 Å². The molecule has 0 aliphatic carbocycles. The summed E-state index contributed by atoms with van der Waals surface area (Å²) in [5.41, 5.74) is 4.65. The van der Waals surface area contributed by atoms with Gasteiger partial charge in [-0.25, -0.2) is 9.97 Å². The van der Waals surface area contributed by atoms with E-state index in [2.05, 4.69) is 23.4 Å². The Kier molecular flexibility index (Phi) is 5.27. The topological polar surface area (TPSA) is 52.2 Å². The van der Waals surface area contributed by atoms with Crippen LogP contribution in [0.4, 0.5) is 0 Å². The molecule has 3 rings (SSSR count). The molecule has 0 bridgehead atoms. The van der Waals surface area contributed by atoms with Crippen molar-refractivity contribution in [1.82, 2.24) is 18.9 Å². The van der Waals surface area contributed by atoms with Gasteiger partial charge in [-0.2, -0.15) is 0 Å². The molecule has 0 aliphatic rings.